The molecule has 27 heavy (non-hydrogen) atoms. The van der Waals surface area contributed by atoms with E-state index in [1.54, 1.807) is 0 Å². The van der Waals surface area contributed by atoms with E-state index in [4.69, 9.17) is 9.47 Å². The molecule has 2 aliphatic carbocycles. The summed E-state index contributed by atoms with van der Waals surface area (Å²) >= 11 is 0. The van der Waals surface area contributed by atoms with Crippen molar-refractivity contribution in [2.24, 2.45) is 11.8 Å². The van der Waals surface area contributed by atoms with Gasteiger partial charge < -0.3 is 14.6 Å². The lowest BCUT2D eigenvalue weighted by molar-refractivity contribution is -0.149. The van der Waals surface area contributed by atoms with Gasteiger partial charge in [-0.15, -0.1) is 0 Å². The number of aliphatic hydroxyl groups is 1. The van der Waals surface area contributed by atoms with E-state index in [-0.39, 0.29) is 23.6 Å². The second kappa shape index (κ2) is 8.65. The van der Waals surface area contributed by atoms with Crippen molar-refractivity contribution in [2.75, 3.05) is 6.61 Å². The van der Waals surface area contributed by atoms with Gasteiger partial charge in [-0.3, -0.25) is 4.79 Å². The average Bonchev–Trinajstić information content (AvgIpc) is 3.30. The minimum atomic E-state index is -0.446. The van der Waals surface area contributed by atoms with Crippen molar-refractivity contribution in [3.8, 4) is 0 Å². The first-order chi connectivity index (χ1) is 12.8. The first-order valence-corrected chi connectivity index (χ1v) is 11.0. The molecule has 0 bridgehead atoms. The van der Waals surface area contributed by atoms with Crippen molar-refractivity contribution in [3.05, 3.63) is 12.2 Å². The van der Waals surface area contributed by atoms with E-state index in [1.165, 1.54) is 5.57 Å². The minimum Gasteiger partial charge on any atom is -0.465 e. The number of ether oxygens (including phenoxy) is 2. The number of carbonyl (C=O) groups is 1. The van der Waals surface area contributed by atoms with Crippen LogP contribution in [-0.2, 0) is 14.3 Å². The van der Waals surface area contributed by atoms with Crippen molar-refractivity contribution >= 4 is 5.97 Å². The molecule has 1 saturated heterocycles. The molecule has 0 spiro atoms. The maximum Gasteiger partial charge on any atom is 0.309 e. The summed E-state index contributed by atoms with van der Waals surface area (Å²) in [6.45, 7) is 8.89. The van der Waals surface area contributed by atoms with Crippen molar-refractivity contribution in [1.82, 2.24) is 0 Å². The Kier molecular flexibility index (Phi) is 6.68. The Hall–Kier alpha value is -0.870. The fourth-order valence-electron chi connectivity index (χ4n) is 4.82. The van der Waals surface area contributed by atoms with E-state index in [2.05, 4.69) is 13.5 Å². The van der Waals surface area contributed by atoms with Gasteiger partial charge in [0.25, 0.3) is 0 Å². The van der Waals surface area contributed by atoms with Crippen LogP contribution in [0.5, 0.6) is 0 Å². The maximum atomic E-state index is 12.2. The highest BCUT2D eigenvalue weighted by Gasteiger charge is 2.56. The number of unbranched alkanes of at least 4 members (excludes halogenated alkanes) is 2. The van der Waals surface area contributed by atoms with Crippen LogP contribution in [0.15, 0.2) is 12.2 Å². The Morgan fingerprint density at radius 3 is 2.59 bits per heavy atom. The fraction of sp³-hybridized carbons (Fsp3) is 0.870. The number of epoxide rings is 1. The Bertz CT molecular complexity index is 530. The predicted molar refractivity (Wildman–Crippen MR) is 106 cm³/mol. The molecule has 1 N–H and O–H groups in total. The molecule has 4 nitrogen and oxygen atoms in total. The van der Waals surface area contributed by atoms with Crippen LogP contribution in [0.2, 0.25) is 0 Å². The van der Waals surface area contributed by atoms with Gasteiger partial charge in [-0.1, -0.05) is 12.2 Å². The maximum absolute atomic E-state index is 12.2. The average molecular weight is 379 g/mol. The number of carbonyl (C=O) groups excluding carboxylic acids is 1. The van der Waals surface area contributed by atoms with Crippen LogP contribution in [0.3, 0.4) is 0 Å². The number of hydrogen-bond acceptors (Lipinski definition) is 4. The Morgan fingerprint density at radius 2 is 1.89 bits per heavy atom. The van der Waals surface area contributed by atoms with Gasteiger partial charge in [-0.2, -0.15) is 0 Å². The summed E-state index contributed by atoms with van der Waals surface area (Å²) in [6.07, 6.45) is 12.4. The summed E-state index contributed by atoms with van der Waals surface area (Å²) in [6, 6.07) is 0. The third-order valence-electron chi connectivity index (χ3n) is 7.04. The van der Waals surface area contributed by atoms with Crippen LogP contribution >= 0.6 is 0 Å². The minimum absolute atomic E-state index is 0.0230. The SMILES string of the molecule is C=C(CCCCCOC(=O)C1CCC2(C)OC2C1)CC1CCC(C)(O)CC1. The largest absolute Gasteiger partial charge is 0.465 e. The van der Waals surface area contributed by atoms with Gasteiger partial charge in [0.1, 0.15) is 0 Å². The molecule has 0 amide bonds. The molecule has 1 heterocycles. The van der Waals surface area contributed by atoms with Crippen molar-refractivity contribution in [2.45, 2.75) is 108 Å². The molecule has 2 saturated carbocycles. The Balaban J connectivity index is 1.19. The third-order valence-corrected chi connectivity index (χ3v) is 7.04. The zero-order chi connectivity index (χ0) is 19.5. The molecule has 1 aliphatic heterocycles. The van der Waals surface area contributed by atoms with Crippen LogP contribution in [0.4, 0.5) is 0 Å². The standard InChI is InChI=1S/C23H38O4/c1-17(15-18-8-11-22(2,25)12-9-18)7-5-4-6-14-26-21(24)19-10-13-23(3)20(16-19)27-23/h18-20,25H,1,4-16H2,2-3H3. The van der Waals surface area contributed by atoms with E-state index >= 15 is 0 Å². The Labute approximate surface area is 164 Å². The molecule has 3 unspecified atom stereocenters. The number of allylic oxidation sites excluding steroid dienone is 1. The molecule has 0 aromatic rings. The molecule has 0 aromatic heterocycles. The number of hydrogen-bond donors (Lipinski definition) is 1. The van der Waals surface area contributed by atoms with Gasteiger partial charge in [-0.05, 0) is 96.8 Å². The van der Waals surface area contributed by atoms with Crippen LogP contribution in [0.1, 0.15) is 90.9 Å². The lowest BCUT2D eigenvalue weighted by Gasteiger charge is -2.33. The zero-order valence-corrected chi connectivity index (χ0v) is 17.3. The molecule has 4 heteroatoms. The van der Waals surface area contributed by atoms with Gasteiger partial charge in [0, 0.05) is 0 Å². The zero-order valence-electron chi connectivity index (χ0n) is 17.3. The first kappa shape index (κ1) is 20.9. The molecular weight excluding hydrogens is 340 g/mol. The predicted octanol–water partition coefficient (Wildman–Crippen LogP) is 4.94. The van der Waals surface area contributed by atoms with E-state index in [9.17, 15) is 9.90 Å². The summed E-state index contributed by atoms with van der Waals surface area (Å²) < 4.78 is 11.2. The van der Waals surface area contributed by atoms with Gasteiger partial charge in [0.15, 0.2) is 0 Å². The van der Waals surface area contributed by atoms with Gasteiger partial charge >= 0.3 is 5.97 Å². The summed E-state index contributed by atoms with van der Waals surface area (Å²) in [5.74, 6) is 0.721. The first-order valence-electron chi connectivity index (χ1n) is 11.0. The monoisotopic (exact) mass is 378 g/mol. The van der Waals surface area contributed by atoms with Crippen molar-refractivity contribution < 1.29 is 19.4 Å². The number of esters is 1. The summed E-state index contributed by atoms with van der Waals surface area (Å²) in [5, 5.41) is 10.0. The highest BCUT2D eigenvalue weighted by Crippen LogP contribution is 2.49. The van der Waals surface area contributed by atoms with Crippen LogP contribution in [0, 0.1) is 11.8 Å². The summed E-state index contributed by atoms with van der Waals surface area (Å²) in [7, 11) is 0. The van der Waals surface area contributed by atoms with E-state index in [1.807, 2.05) is 6.92 Å². The fourth-order valence-corrected chi connectivity index (χ4v) is 4.82. The molecule has 154 valence electrons. The highest BCUT2D eigenvalue weighted by molar-refractivity contribution is 5.72. The van der Waals surface area contributed by atoms with Crippen molar-refractivity contribution in [3.63, 3.8) is 0 Å². The quantitative estimate of drug-likeness (QED) is 0.267. The number of fused-ring (bicyclic) bond motifs is 1. The molecule has 3 rings (SSSR count). The smallest absolute Gasteiger partial charge is 0.309 e. The van der Waals surface area contributed by atoms with Gasteiger partial charge in [-0.25, -0.2) is 0 Å². The van der Waals surface area contributed by atoms with Gasteiger partial charge in [0.2, 0.25) is 0 Å². The second-order valence-corrected chi connectivity index (χ2v) is 9.76. The Morgan fingerprint density at radius 1 is 1.15 bits per heavy atom. The molecule has 0 aromatic carbocycles. The normalized spacial score (nSPS) is 38.1. The van der Waals surface area contributed by atoms with Crippen LogP contribution in [-0.4, -0.2) is 35.0 Å². The van der Waals surface area contributed by atoms with Crippen LogP contribution in [0.25, 0.3) is 0 Å². The van der Waals surface area contributed by atoms with E-state index < -0.39 is 5.60 Å². The molecular formula is C23H38O4. The molecule has 3 aliphatic rings. The molecule has 3 fully saturated rings. The second-order valence-electron chi connectivity index (χ2n) is 9.76. The van der Waals surface area contributed by atoms with Crippen LogP contribution < -0.4 is 0 Å². The summed E-state index contributed by atoms with van der Waals surface area (Å²) in [5.41, 5.74) is 0.959. The summed E-state index contributed by atoms with van der Waals surface area (Å²) in [4.78, 5) is 12.2. The molecule has 3 atom stereocenters. The lowest BCUT2D eigenvalue weighted by atomic mass is 9.77. The van der Waals surface area contributed by atoms with Gasteiger partial charge in [0.05, 0.1) is 29.8 Å². The lowest BCUT2D eigenvalue weighted by Crippen LogP contribution is -2.30. The highest BCUT2D eigenvalue weighted by atomic mass is 16.6. The van der Waals surface area contributed by atoms with Crippen molar-refractivity contribution in [1.29, 1.82) is 0 Å². The van der Waals surface area contributed by atoms with E-state index in [0.29, 0.717) is 12.5 Å². The number of rotatable bonds is 9. The topological polar surface area (TPSA) is 59.1 Å². The van der Waals surface area contributed by atoms with E-state index in [0.717, 1.165) is 77.0 Å². The molecule has 0 radical (unpaired) electrons. The third kappa shape index (κ3) is 6.05.